The second kappa shape index (κ2) is 12.7. The lowest BCUT2D eigenvalue weighted by Crippen LogP contribution is -2.20. The van der Waals surface area contributed by atoms with Gasteiger partial charge in [0.2, 0.25) is 0 Å². The van der Waals surface area contributed by atoms with Crippen molar-refractivity contribution >= 4 is 95.8 Å². The monoisotopic (exact) mass is 729 g/mol. The lowest BCUT2D eigenvalue weighted by molar-refractivity contribution is -0.128. The maximum Gasteiger partial charge on any atom is 0.336 e. The number of para-hydroxylation sites is 1. The van der Waals surface area contributed by atoms with Gasteiger partial charge in [0.25, 0.3) is 5.56 Å². The van der Waals surface area contributed by atoms with Gasteiger partial charge in [-0.15, -0.1) is 0 Å². The highest BCUT2D eigenvalue weighted by Gasteiger charge is 2.17. The van der Waals surface area contributed by atoms with Gasteiger partial charge in [0, 0.05) is 31.7 Å². The van der Waals surface area contributed by atoms with E-state index < -0.39 is 11.5 Å². The highest BCUT2D eigenvalue weighted by molar-refractivity contribution is 9.11. The minimum absolute atomic E-state index is 0.204. The van der Waals surface area contributed by atoms with E-state index in [1.54, 1.807) is 84.9 Å². The van der Waals surface area contributed by atoms with Crippen molar-refractivity contribution in [3.8, 4) is 17.1 Å². The van der Waals surface area contributed by atoms with Crippen LogP contribution in [-0.2, 0) is 4.79 Å². The molecule has 204 valence electrons. The molecular weight excluding hydrogens is 717 g/mol. The molecule has 5 aromatic rings. The number of nitrogens with zero attached hydrogens (tertiary/aromatic N) is 3. The summed E-state index contributed by atoms with van der Waals surface area (Å²) in [6, 6.07) is 22.3. The van der Waals surface area contributed by atoms with Crippen molar-refractivity contribution in [2.45, 2.75) is 0 Å². The van der Waals surface area contributed by atoms with Crippen LogP contribution in [0.3, 0.4) is 0 Å². The van der Waals surface area contributed by atoms with Gasteiger partial charge in [0.05, 0.1) is 26.6 Å². The molecule has 0 aliphatic carbocycles. The molecular formula is C30H16Br2Cl3N3O3. The summed E-state index contributed by atoms with van der Waals surface area (Å²) in [6.07, 6.45) is 4.32. The fraction of sp³-hybridized carbons (Fsp3) is 0. The summed E-state index contributed by atoms with van der Waals surface area (Å²) < 4.78 is 7.99. The first-order chi connectivity index (χ1) is 19.7. The number of esters is 1. The predicted molar refractivity (Wildman–Crippen MR) is 172 cm³/mol. The van der Waals surface area contributed by atoms with Crippen LogP contribution in [0.5, 0.6) is 5.75 Å². The first kappa shape index (κ1) is 29.2. The second-order valence-electron chi connectivity index (χ2n) is 8.55. The third kappa shape index (κ3) is 6.80. The zero-order valence-corrected chi connectivity index (χ0v) is 26.1. The van der Waals surface area contributed by atoms with Crippen LogP contribution in [0, 0.1) is 0 Å². The van der Waals surface area contributed by atoms with E-state index >= 15 is 0 Å². The maximum absolute atomic E-state index is 13.6. The van der Waals surface area contributed by atoms with Gasteiger partial charge in [-0.3, -0.25) is 4.79 Å². The molecule has 6 nitrogen and oxygen atoms in total. The minimum atomic E-state index is -0.615. The van der Waals surface area contributed by atoms with Gasteiger partial charge in [0.15, 0.2) is 11.6 Å². The van der Waals surface area contributed by atoms with Crippen LogP contribution in [0.25, 0.3) is 28.4 Å². The van der Waals surface area contributed by atoms with Crippen LogP contribution in [0.1, 0.15) is 11.1 Å². The van der Waals surface area contributed by atoms with Gasteiger partial charge in [-0.05, 0) is 82.2 Å². The predicted octanol–water partition coefficient (Wildman–Crippen LogP) is 9.05. The molecule has 0 N–H and O–H groups in total. The molecule has 41 heavy (non-hydrogen) atoms. The van der Waals surface area contributed by atoms with Crippen molar-refractivity contribution in [2.24, 2.45) is 5.10 Å². The van der Waals surface area contributed by atoms with Crippen LogP contribution in [0.4, 0.5) is 0 Å². The Morgan fingerprint density at radius 3 is 2.41 bits per heavy atom. The fourth-order valence-corrected chi connectivity index (χ4v) is 5.81. The summed E-state index contributed by atoms with van der Waals surface area (Å²) in [5.74, 6) is -0.198. The molecule has 1 heterocycles. The van der Waals surface area contributed by atoms with Crippen molar-refractivity contribution in [1.82, 2.24) is 9.66 Å². The zero-order valence-electron chi connectivity index (χ0n) is 20.7. The Morgan fingerprint density at radius 2 is 1.66 bits per heavy atom. The number of fused-ring (bicyclic) bond motifs is 1. The number of halogens is 5. The first-order valence-electron chi connectivity index (χ1n) is 11.9. The maximum atomic E-state index is 13.6. The molecule has 11 heteroatoms. The highest BCUT2D eigenvalue weighted by Crippen LogP contribution is 2.33. The average Bonchev–Trinajstić information content (AvgIpc) is 2.94. The number of carbonyl (C=O) groups excluding carboxylic acids is 1. The van der Waals surface area contributed by atoms with Crippen LogP contribution in [-0.4, -0.2) is 21.8 Å². The Morgan fingerprint density at radius 1 is 0.927 bits per heavy atom. The summed E-state index contributed by atoms with van der Waals surface area (Å²) >= 11 is 25.4. The summed E-state index contributed by atoms with van der Waals surface area (Å²) in [7, 11) is 0. The summed E-state index contributed by atoms with van der Waals surface area (Å²) in [5.41, 5.74) is 1.72. The first-order valence-corrected chi connectivity index (χ1v) is 14.6. The number of ether oxygens (including phenoxy) is 1. The van der Waals surface area contributed by atoms with E-state index in [4.69, 9.17) is 39.5 Å². The van der Waals surface area contributed by atoms with Gasteiger partial charge >= 0.3 is 5.97 Å². The largest absolute Gasteiger partial charge is 0.421 e. The molecule has 0 atom stereocenters. The van der Waals surface area contributed by atoms with Gasteiger partial charge in [0.1, 0.15) is 0 Å². The quantitative estimate of drug-likeness (QED) is 0.0756. The smallest absolute Gasteiger partial charge is 0.336 e. The van der Waals surface area contributed by atoms with Crippen molar-refractivity contribution in [2.75, 3.05) is 0 Å². The van der Waals surface area contributed by atoms with Crippen LogP contribution >= 0.6 is 66.7 Å². The van der Waals surface area contributed by atoms with E-state index in [0.29, 0.717) is 46.0 Å². The number of hydrogen-bond donors (Lipinski definition) is 0. The zero-order chi connectivity index (χ0) is 29.1. The number of hydrogen-bond acceptors (Lipinski definition) is 5. The molecule has 0 aliphatic heterocycles. The minimum Gasteiger partial charge on any atom is -0.421 e. The van der Waals surface area contributed by atoms with E-state index in [1.807, 2.05) is 0 Å². The average molecular weight is 733 g/mol. The van der Waals surface area contributed by atoms with Crippen molar-refractivity contribution in [3.05, 3.63) is 130 Å². The SMILES string of the molecule is O=C(/C=C/c1ccc(Cl)cc1)Oc1c(Br)cc(Br)cc1C=Nn1c(-c2ccc(Cl)cc2Cl)nc2ccccc2c1=O. The third-order valence-electron chi connectivity index (χ3n) is 5.76. The van der Waals surface area contributed by atoms with E-state index in [9.17, 15) is 9.59 Å². The van der Waals surface area contributed by atoms with E-state index in [-0.39, 0.29) is 11.6 Å². The topological polar surface area (TPSA) is 73.5 Å². The molecule has 0 saturated carbocycles. The second-order valence-corrected chi connectivity index (χ2v) is 11.6. The van der Waals surface area contributed by atoms with Crippen LogP contribution in [0.2, 0.25) is 15.1 Å². The fourth-order valence-electron chi connectivity index (χ4n) is 3.85. The summed E-state index contributed by atoms with van der Waals surface area (Å²) in [6.45, 7) is 0. The summed E-state index contributed by atoms with van der Waals surface area (Å²) in [5, 5.41) is 6.18. The Balaban J connectivity index is 1.57. The molecule has 5 rings (SSSR count). The van der Waals surface area contributed by atoms with E-state index in [0.717, 1.165) is 10.2 Å². The molecule has 1 aromatic heterocycles. The Labute approximate surface area is 266 Å². The van der Waals surface area contributed by atoms with Crippen molar-refractivity contribution < 1.29 is 9.53 Å². The standard InChI is InChI=1S/C30H16Br2Cl3N3O3/c31-19-13-18(28(24(32)14-19)41-27(39)12-7-17-5-8-20(33)9-6-17)16-36-38-29(22-11-10-21(34)15-25(22)35)37-26-4-2-1-3-23(26)30(38)40/h1-16H/b12-7+,36-16?. The summed E-state index contributed by atoms with van der Waals surface area (Å²) in [4.78, 5) is 31.0. The van der Waals surface area contributed by atoms with Gasteiger partial charge < -0.3 is 4.74 Å². The highest BCUT2D eigenvalue weighted by atomic mass is 79.9. The number of carbonyl (C=O) groups is 1. The molecule has 0 fully saturated rings. The molecule has 0 aliphatic rings. The lowest BCUT2D eigenvalue weighted by atomic mass is 10.2. The molecule has 0 bridgehead atoms. The Hall–Kier alpha value is -3.27. The molecule has 0 radical (unpaired) electrons. The van der Waals surface area contributed by atoms with Crippen molar-refractivity contribution in [3.63, 3.8) is 0 Å². The molecule has 0 amide bonds. The van der Waals surface area contributed by atoms with Gasteiger partial charge in [-0.2, -0.15) is 9.78 Å². The van der Waals surface area contributed by atoms with E-state index in [2.05, 4.69) is 41.9 Å². The lowest BCUT2D eigenvalue weighted by Gasteiger charge is -2.12. The number of benzene rings is 4. The van der Waals surface area contributed by atoms with Crippen molar-refractivity contribution in [1.29, 1.82) is 0 Å². The van der Waals surface area contributed by atoms with Gasteiger partial charge in [-0.1, -0.05) is 75.0 Å². The Bertz CT molecular complexity index is 1920. The van der Waals surface area contributed by atoms with Crippen LogP contribution < -0.4 is 10.3 Å². The number of rotatable bonds is 6. The molecule has 0 spiro atoms. The normalized spacial score (nSPS) is 11.5. The molecule has 4 aromatic carbocycles. The molecule has 0 saturated heterocycles. The Kier molecular flexibility index (Phi) is 9.06. The van der Waals surface area contributed by atoms with Crippen LogP contribution in [0.15, 0.2) is 104 Å². The van der Waals surface area contributed by atoms with Gasteiger partial charge in [-0.25, -0.2) is 9.78 Å². The third-order valence-corrected chi connectivity index (χ3v) is 7.61. The van der Waals surface area contributed by atoms with E-state index in [1.165, 1.54) is 12.3 Å². The number of aromatic nitrogens is 2. The molecule has 0 unspecified atom stereocenters.